The van der Waals surface area contributed by atoms with Crippen molar-refractivity contribution >= 4 is 23.3 Å². The van der Waals surface area contributed by atoms with E-state index in [1.165, 1.54) is 11.3 Å². The molecule has 1 aliphatic rings. The molecular formula is C25H24N2O4S. The van der Waals surface area contributed by atoms with Gasteiger partial charge in [-0.05, 0) is 58.5 Å². The van der Waals surface area contributed by atoms with E-state index in [4.69, 9.17) is 9.47 Å². The molecule has 0 aliphatic carbocycles. The largest absolute Gasteiger partial charge is 0.497 e. The number of hydrogen-bond acceptors (Lipinski definition) is 5. The highest BCUT2D eigenvalue weighted by Gasteiger charge is 2.33. The third-order valence-electron chi connectivity index (χ3n) is 5.29. The summed E-state index contributed by atoms with van der Waals surface area (Å²) in [6, 6.07) is 18.3. The zero-order chi connectivity index (χ0) is 22.3. The molecule has 6 nitrogen and oxygen atoms in total. The number of ether oxygens (including phenoxy) is 2. The molecular weight excluding hydrogens is 424 g/mol. The monoisotopic (exact) mass is 448 g/mol. The molecule has 2 aromatic carbocycles. The Hall–Kier alpha value is -3.58. The number of allylic oxidation sites excluding steroid dienone is 1. The molecule has 1 unspecified atom stereocenters. The van der Waals surface area contributed by atoms with Crippen molar-refractivity contribution in [2.75, 3.05) is 7.11 Å². The molecule has 0 radical (unpaired) electrons. The second kappa shape index (κ2) is 10.2. The molecule has 2 N–H and O–H groups in total. The molecule has 4 rings (SSSR count). The molecule has 0 fully saturated rings. The van der Waals surface area contributed by atoms with Crippen LogP contribution in [0.3, 0.4) is 0 Å². The Balaban J connectivity index is 1.59. The first kappa shape index (κ1) is 21.6. The van der Waals surface area contributed by atoms with Gasteiger partial charge in [0.25, 0.3) is 0 Å². The topological polar surface area (TPSA) is 76.7 Å². The lowest BCUT2D eigenvalue weighted by Gasteiger charge is -2.29. The second-order valence-electron chi connectivity index (χ2n) is 7.39. The number of benzene rings is 2. The van der Waals surface area contributed by atoms with Gasteiger partial charge in [0, 0.05) is 5.70 Å². The van der Waals surface area contributed by atoms with Crippen LogP contribution in [0.1, 0.15) is 29.2 Å². The van der Waals surface area contributed by atoms with Crippen molar-refractivity contribution in [1.82, 2.24) is 10.6 Å². The molecule has 1 aromatic heterocycles. The maximum atomic E-state index is 13.2. The van der Waals surface area contributed by atoms with Crippen molar-refractivity contribution in [3.8, 4) is 5.75 Å². The van der Waals surface area contributed by atoms with Crippen LogP contribution in [0.5, 0.6) is 5.75 Å². The average Bonchev–Trinajstić information content (AvgIpc) is 3.37. The van der Waals surface area contributed by atoms with Crippen LogP contribution in [-0.4, -0.2) is 19.1 Å². The molecule has 164 valence electrons. The molecule has 2 heterocycles. The summed E-state index contributed by atoms with van der Waals surface area (Å²) in [5.41, 5.74) is 3.86. The SMILES string of the molecule is COc1ccc(CCC2=C(C(=O)OCc3ccccc3)C(c3ccsc3)NC(=O)N2)cc1. The van der Waals surface area contributed by atoms with Crippen molar-refractivity contribution in [1.29, 1.82) is 0 Å². The number of carbonyl (C=O) groups excluding carboxylic acids is 2. The molecule has 1 atom stereocenters. The summed E-state index contributed by atoms with van der Waals surface area (Å²) in [4.78, 5) is 25.6. The Morgan fingerprint density at radius 1 is 1.00 bits per heavy atom. The quantitative estimate of drug-likeness (QED) is 0.488. The highest BCUT2D eigenvalue weighted by atomic mass is 32.1. The highest BCUT2D eigenvalue weighted by molar-refractivity contribution is 7.08. The van der Waals surface area contributed by atoms with E-state index < -0.39 is 12.0 Å². The summed E-state index contributed by atoms with van der Waals surface area (Å²) in [6.45, 7) is 0.166. The van der Waals surface area contributed by atoms with Gasteiger partial charge in [-0.2, -0.15) is 11.3 Å². The third-order valence-corrected chi connectivity index (χ3v) is 5.99. The van der Waals surface area contributed by atoms with Gasteiger partial charge < -0.3 is 20.1 Å². The number of urea groups is 1. The lowest BCUT2D eigenvalue weighted by Crippen LogP contribution is -2.46. The van der Waals surface area contributed by atoms with Crippen molar-refractivity contribution in [3.05, 3.63) is 99.4 Å². The van der Waals surface area contributed by atoms with E-state index >= 15 is 0 Å². The zero-order valence-corrected chi connectivity index (χ0v) is 18.5. The third kappa shape index (κ3) is 5.18. The van der Waals surface area contributed by atoms with Gasteiger partial charge in [0.05, 0.1) is 18.7 Å². The lowest BCUT2D eigenvalue weighted by atomic mass is 9.94. The summed E-state index contributed by atoms with van der Waals surface area (Å²) in [5.74, 6) is 0.341. The molecule has 32 heavy (non-hydrogen) atoms. The van der Waals surface area contributed by atoms with Crippen LogP contribution >= 0.6 is 11.3 Å². The van der Waals surface area contributed by atoms with Crippen LogP contribution in [0.15, 0.2) is 82.7 Å². The minimum absolute atomic E-state index is 0.166. The van der Waals surface area contributed by atoms with E-state index in [2.05, 4.69) is 10.6 Å². The van der Waals surface area contributed by atoms with Crippen LogP contribution in [0.4, 0.5) is 4.79 Å². The Kier molecular flexibility index (Phi) is 6.87. The minimum Gasteiger partial charge on any atom is -0.497 e. The van der Waals surface area contributed by atoms with E-state index in [0.717, 1.165) is 22.4 Å². The summed E-state index contributed by atoms with van der Waals surface area (Å²) >= 11 is 1.52. The number of rotatable bonds is 8. The van der Waals surface area contributed by atoms with Gasteiger partial charge in [0.15, 0.2) is 0 Å². The van der Waals surface area contributed by atoms with Crippen molar-refractivity contribution < 1.29 is 19.1 Å². The minimum atomic E-state index is -0.552. The molecule has 0 saturated carbocycles. The highest BCUT2D eigenvalue weighted by Crippen LogP contribution is 2.31. The summed E-state index contributed by atoms with van der Waals surface area (Å²) in [6.07, 6.45) is 1.15. The van der Waals surface area contributed by atoms with Crippen LogP contribution in [0.25, 0.3) is 0 Å². The smallest absolute Gasteiger partial charge is 0.338 e. The van der Waals surface area contributed by atoms with E-state index in [1.807, 2.05) is 71.4 Å². The second-order valence-corrected chi connectivity index (χ2v) is 8.17. The summed E-state index contributed by atoms with van der Waals surface area (Å²) in [5, 5.41) is 9.57. The number of hydrogen-bond donors (Lipinski definition) is 2. The maximum absolute atomic E-state index is 13.2. The van der Waals surface area contributed by atoms with Gasteiger partial charge in [0.1, 0.15) is 12.4 Å². The number of amides is 2. The van der Waals surface area contributed by atoms with Crippen LogP contribution in [0, 0.1) is 0 Å². The number of carbonyl (C=O) groups is 2. The summed E-state index contributed by atoms with van der Waals surface area (Å²) in [7, 11) is 1.63. The molecule has 7 heteroatoms. The molecule has 0 spiro atoms. The Morgan fingerprint density at radius 3 is 2.47 bits per heavy atom. The van der Waals surface area contributed by atoms with Gasteiger partial charge in [0.2, 0.25) is 0 Å². The van der Waals surface area contributed by atoms with E-state index in [-0.39, 0.29) is 12.6 Å². The first-order valence-electron chi connectivity index (χ1n) is 10.3. The van der Waals surface area contributed by atoms with Crippen molar-refractivity contribution in [3.63, 3.8) is 0 Å². The van der Waals surface area contributed by atoms with Crippen LogP contribution in [0.2, 0.25) is 0 Å². The number of esters is 1. The maximum Gasteiger partial charge on any atom is 0.338 e. The fourth-order valence-corrected chi connectivity index (χ4v) is 4.29. The normalized spacial score (nSPS) is 15.7. The number of thiophene rings is 1. The van der Waals surface area contributed by atoms with Gasteiger partial charge in [-0.3, -0.25) is 0 Å². The average molecular weight is 449 g/mol. The Labute approximate surface area is 190 Å². The van der Waals surface area contributed by atoms with Crippen molar-refractivity contribution in [2.45, 2.75) is 25.5 Å². The van der Waals surface area contributed by atoms with E-state index in [9.17, 15) is 9.59 Å². The standard InChI is InChI=1S/C25H24N2O4S/c1-30-20-10-7-17(8-11-20)9-12-21-22(24(28)31-15-18-5-3-2-4-6-18)23(27-25(29)26-21)19-13-14-32-16-19/h2-8,10-11,13-14,16,23H,9,12,15H2,1H3,(H2,26,27,29). The van der Waals surface area contributed by atoms with Gasteiger partial charge in [-0.15, -0.1) is 0 Å². The predicted molar refractivity (Wildman–Crippen MR) is 123 cm³/mol. The predicted octanol–water partition coefficient (Wildman–Crippen LogP) is 4.74. The number of methoxy groups -OCH3 is 1. The van der Waals surface area contributed by atoms with Crippen LogP contribution in [-0.2, 0) is 22.6 Å². The van der Waals surface area contributed by atoms with Gasteiger partial charge >= 0.3 is 12.0 Å². The van der Waals surface area contributed by atoms with Gasteiger partial charge in [-0.1, -0.05) is 42.5 Å². The lowest BCUT2D eigenvalue weighted by molar-refractivity contribution is -0.140. The first-order chi connectivity index (χ1) is 15.6. The Bertz CT molecular complexity index is 1090. The fourth-order valence-electron chi connectivity index (χ4n) is 3.61. The molecule has 0 bridgehead atoms. The molecule has 2 amide bonds. The van der Waals surface area contributed by atoms with Crippen LogP contribution < -0.4 is 15.4 Å². The molecule has 0 saturated heterocycles. The summed E-state index contributed by atoms with van der Waals surface area (Å²) < 4.78 is 10.9. The molecule has 1 aliphatic heterocycles. The molecule has 3 aromatic rings. The van der Waals surface area contributed by atoms with E-state index in [0.29, 0.717) is 24.1 Å². The zero-order valence-electron chi connectivity index (χ0n) is 17.7. The number of nitrogens with one attached hydrogen (secondary N) is 2. The first-order valence-corrected chi connectivity index (χ1v) is 11.2. The van der Waals surface area contributed by atoms with Crippen molar-refractivity contribution in [2.24, 2.45) is 0 Å². The van der Waals surface area contributed by atoms with Gasteiger partial charge in [-0.25, -0.2) is 9.59 Å². The number of aryl methyl sites for hydroxylation is 1. The Morgan fingerprint density at radius 2 is 1.78 bits per heavy atom. The van der Waals surface area contributed by atoms with E-state index in [1.54, 1.807) is 7.11 Å². The fraction of sp³-hybridized carbons (Fsp3) is 0.200.